The number of aliphatic imine (C=N–C) groups is 1. The number of piperidine rings is 1. The Morgan fingerprint density at radius 1 is 1.05 bits per heavy atom. The quantitative estimate of drug-likeness (QED) is 0.552. The van der Waals surface area contributed by atoms with Gasteiger partial charge in [0, 0.05) is 61.8 Å². The number of hydrogen-bond donors (Lipinski definition) is 1. The first-order chi connectivity index (χ1) is 20.6. The number of carbonyl (C=O) groups is 3. The summed E-state index contributed by atoms with van der Waals surface area (Å²) >= 11 is 0. The zero-order chi connectivity index (χ0) is 29.9. The lowest BCUT2D eigenvalue weighted by Gasteiger charge is -2.36. The average molecular weight is 594 g/mol. The number of H-pyrrole nitrogens is 1. The number of alkyl halides is 3. The molecule has 3 fully saturated rings. The number of amides is 3. The summed E-state index contributed by atoms with van der Waals surface area (Å²) in [4.78, 5) is 51.2. The lowest BCUT2D eigenvalue weighted by molar-refractivity contribution is -0.187. The van der Waals surface area contributed by atoms with Crippen LogP contribution < -0.4 is 0 Å². The van der Waals surface area contributed by atoms with Gasteiger partial charge >= 0.3 is 12.1 Å². The number of rotatable bonds is 5. The molecule has 4 heterocycles. The number of aromatic nitrogens is 1. The molecule has 1 saturated carbocycles. The standard InChI is InChI=1S/C32H34F3N5O3/c33-32(34,35)30(43)38-15-11-31(12-16-38)29(42)40(19-20-10-14-39(18-20)28(41)23-5-6-23)27(37-31)22-3-1-21(2-4-22)24-7-8-26-25(17-24)9-13-36-26/h1,3-4,7-9,13,17,20-21,23,36H,2,5-6,10-12,14-16,18-19H2/t20-,21?/m1/s1. The largest absolute Gasteiger partial charge is 0.471 e. The van der Waals surface area contributed by atoms with Crippen molar-refractivity contribution in [3.8, 4) is 0 Å². The number of fused-ring (bicyclic) bond motifs is 1. The van der Waals surface area contributed by atoms with E-state index in [2.05, 4.69) is 35.3 Å². The second-order valence-electron chi connectivity index (χ2n) is 12.6. The van der Waals surface area contributed by atoms with Gasteiger partial charge in [0.05, 0.1) is 0 Å². The molecular formula is C32H34F3N5O3. The number of allylic oxidation sites excluding steroid dienone is 2. The van der Waals surface area contributed by atoms with Crippen LogP contribution in [0.15, 0.2) is 59.3 Å². The van der Waals surface area contributed by atoms with Gasteiger partial charge in [-0.15, -0.1) is 0 Å². The molecule has 5 aliphatic rings. The third kappa shape index (κ3) is 5.16. The highest BCUT2D eigenvalue weighted by Crippen LogP contribution is 2.39. The third-order valence-electron chi connectivity index (χ3n) is 9.67. The Bertz CT molecular complexity index is 1560. The van der Waals surface area contributed by atoms with Crippen molar-refractivity contribution in [2.24, 2.45) is 16.8 Å². The molecule has 1 aromatic carbocycles. The lowest BCUT2D eigenvalue weighted by Crippen LogP contribution is -2.54. The van der Waals surface area contributed by atoms with Crippen molar-refractivity contribution in [3.05, 3.63) is 59.8 Å². The molecule has 0 bridgehead atoms. The topological polar surface area (TPSA) is 89.1 Å². The van der Waals surface area contributed by atoms with Gasteiger partial charge in [-0.1, -0.05) is 24.3 Å². The minimum Gasteiger partial charge on any atom is -0.361 e. The zero-order valence-electron chi connectivity index (χ0n) is 23.8. The molecule has 226 valence electrons. The zero-order valence-corrected chi connectivity index (χ0v) is 23.8. The predicted octanol–water partition coefficient (Wildman–Crippen LogP) is 4.56. The summed E-state index contributed by atoms with van der Waals surface area (Å²) in [6.45, 7) is 1.30. The summed E-state index contributed by atoms with van der Waals surface area (Å²) in [7, 11) is 0. The van der Waals surface area contributed by atoms with Gasteiger partial charge in [0.2, 0.25) is 5.91 Å². The van der Waals surface area contributed by atoms with Crippen LogP contribution in [0.25, 0.3) is 10.9 Å². The first-order valence-corrected chi connectivity index (χ1v) is 15.1. The third-order valence-corrected chi connectivity index (χ3v) is 9.67. The molecule has 1 N–H and O–H groups in total. The number of halogens is 3. The molecule has 3 aliphatic heterocycles. The van der Waals surface area contributed by atoms with Crippen LogP contribution in [-0.2, 0) is 14.4 Å². The van der Waals surface area contributed by atoms with E-state index in [9.17, 15) is 27.6 Å². The van der Waals surface area contributed by atoms with Crippen LogP contribution in [-0.4, -0.2) is 87.7 Å². The molecule has 7 rings (SSSR count). The molecule has 1 spiro atoms. The molecule has 0 radical (unpaired) electrons. The maximum absolute atomic E-state index is 14.1. The Balaban J connectivity index is 1.12. The van der Waals surface area contributed by atoms with Crippen molar-refractivity contribution < 1.29 is 27.6 Å². The smallest absolute Gasteiger partial charge is 0.361 e. The summed E-state index contributed by atoms with van der Waals surface area (Å²) in [5.41, 5.74) is 1.89. The highest BCUT2D eigenvalue weighted by atomic mass is 19.4. The van der Waals surface area contributed by atoms with E-state index in [0.29, 0.717) is 25.5 Å². The van der Waals surface area contributed by atoms with E-state index < -0.39 is 17.6 Å². The Labute approximate surface area is 247 Å². The van der Waals surface area contributed by atoms with Gasteiger partial charge < -0.3 is 14.8 Å². The average Bonchev–Trinajstić information content (AvgIpc) is 3.46. The van der Waals surface area contributed by atoms with Crippen molar-refractivity contribution in [2.45, 2.75) is 56.2 Å². The molecule has 3 amide bonds. The monoisotopic (exact) mass is 593 g/mol. The number of amidine groups is 1. The van der Waals surface area contributed by atoms with Crippen LogP contribution in [0.5, 0.6) is 0 Å². The Kier molecular flexibility index (Phi) is 6.74. The van der Waals surface area contributed by atoms with E-state index in [-0.39, 0.29) is 55.5 Å². The summed E-state index contributed by atoms with van der Waals surface area (Å²) in [5.74, 6) is -0.956. The van der Waals surface area contributed by atoms with E-state index in [4.69, 9.17) is 4.99 Å². The van der Waals surface area contributed by atoms with E-state index in [1.165, 1.54) is 5.56 Å². The Hall–Kier alpha value is -3.89. The number of nitrogens with one attached hydrogen (secondary N) is 1. The Morgan fingerprint density at radius 2 is 1.84 bits per heavy atom. The van der Waals surface area contributed by atoms with Gasteiger partial charge in [-0.2, -0.15) is 13.2 Å². The molecule has 11 heteroatoms. The van der Waals surface area contributed by atoms with Gasteiger partial charge in [-0.3, -0.25) is 24.3 Å². The summed E-state index contributed by atoms with van der Waals surface area (Å²) in [6.07, 6.45) is 6.64. The minimum atomic E-state index is -4.95. The van der Waals surface area contributed by atoms with Crippen molar-refractivity contribution in [1.82, 2.24) is 19.7 Å². The number of likely N-dealkylation sites (tertiary alicyclic amines) is 2. The van der Waals surface area contributed by atoms with Crippen LogP contribution in [0.1, 0.15) is 50.0 Å². The number of hydrogen-bond acceptors (Lipinski definition) is 4. The number of nitrogens with zero attached hydrogens (tertiary/aromatic N) is 4. The second-order valence-corrected chi connectivity index (χ2v) is 12.6. The molecule has 1 aromatic heterocycles. The van der Waals surface area contributed by atoms with Crippen LogP contribution in [0.2, 0.25) is 0 Å². The van der Waals surface area contributed by atoms with E-state index >= 15 is 0 Å². The van der Waals surface area contributed by atoms with Gasteiger partial charge in [-0.05, 0) is 73.6 Å². The summed E-state index contributed by atoms with van der Waals surface area (Å²) in [5, 5.41) is 1.14. The predicted molar refractivity (Wildman–Crippen MR) is 154 cm³/mol. The highest BCUT2D eigenvalue weighted by molar-refractivity contribution is 6.16. The number of aromatic amines is 1. The summed E-state index contributed by atoms with van der Waals surface area (Å²) in [6, 6.07) is 8.38. The van der Waals surface area contributed by atoms with Crippen LogP contribution in [0.4, 0.5) is 13.2 Å². The minimum absolute atomic E-state index is 0.0426. The normalized spacial score (nSPS) is 25.6. The van der Waals surface area contributed by atoms with Crippen molar-refractivity contribution in [3.63, 3.8) is 0 Å². The first kappa shape index (κ1) is 27.9. The first-order valence-electron chi connectivity index (χ1n) is 15.1. The maximum atomic E-state index is 14.1. The molecule has 2 aromatic rings. The fourth-order valence-electron chi connectivity index (χ4n) is 7.00. The molecule has 2 saturated heterocycles. The Morgan fingerprint density at radius 3 is 2.53 bits per heavy atom. The highest BCUT2D eigenvalue weighted by Gasteiger charge is 2.53. The molecule has 2 atom stereocenters. The molecule has 2 aliphatic carbocycles. The summed E-state index contributed by atoms with van der Waals surface area (Å²) < 4.78 is 39.3. The molecule has 1 unspecified atom stereocenters. The van der Waals surface area contributed by atoms with Crippen LogP contribution in [0.3, 0.4) is 0 Å². The van der Waals surface area contributed by atoms with Crippen LogP contribution >= 0.6 is 0 Å². The van der Waals surface area contributed by atoms with Gasteiger partial charge in [0.25, 0.3) is 5.91 Å². The van der Waals surface area contributed by atoms with Crippen molar-refractivity contribution >= 4 is 34.5 Å². The fraction of sp³-hybridized carbons (Fsp3) is 0.500. The lowest BCUT2D eigenvalue weighted by atomic mass is 9.87. The maximum Gasteiger partial charge on any atom is 0.471 e. The van der Waals surface area contributed by atoms with Crippen molar-refractivity contribution in [2.75, 3.05) is 32.7 Å². The number of carbonyl (C=O) groups excluding carboxylic acids is 3. The molecule has 43 heavy (non-hydrogen) atoms. The van der Waals surface area contributed by atoms with Gasteiger partial charge in [0.15, 0.2) is 0 Å². The fourth-order valence-corrected chi connectivity index (χ4v) is 7.00. The number of benzene rings is 1. The van der Waals surface area contributed by atoms with Gasteiger partial charge in [-0.25, -0.2) is 0 Å². The molecule has 8 nitrogen and oxygen atoms in total. The molecular weight excluding hydrogens is 559 g/mol. The van der Waals surface area contributed by atoms with Crippen molar-refractivity contribution in [1.29, 1.82) is 0 Å². The van der Waals surface area contributed by atoms with E-state index in [1.807, 2.05) is 23.2 Å². The van der Waals surface area contributed by atoms with E-state index in [1.54, 1.807) is 4.90 Å². The second kappa shape index (κ2) is 10.4. The SMILES string of the molecule is O=C(C1CC1)N1CC[C@@H](CN2C(=O)C3(CCN(C(=O)C(F)(F)F)CC3)N=C2C2=CCC(c3ccc4[nH]ccc4c3)C=C2)C1. The van der Waals surface area contributed by atoms with Crippen LogP contribution in [0, 0.1) is 11.8 Å². The van der Waals surface area contributed by atoms with Gasteiger partial charge in [0.1, 0.15) is 11.4 Å². The van der Waals surface area contributed by atoms with E-state index in [0.717, 1.165) is 47.1 Å².